The van der Waals surface area contributed by atoms with Gasteiger partial charge in [0, 0.05) is 16.5 Å². The molecule has 0 aromatic heterocycles. The molecule has 3 nitrogen and oxygen atoms in total. The molecule has 3 N–H and O–H groups in total. The van der Waals surface area contributed by atoms with Gasteiger partial charge in [-0.05, 0) is 49.5 Å². The monoisotopic (exact) mass is 316 g/mol. The van der Waals surface area contributed by atoms with Gasteiger partial charge in [0.15, 0.2) is 11.5 Å². The molecule has 126 valence electrons. The van der Waals surface area contributed by atoms with Gasteiger partial charge in [0.1, 0.15) is 5.75 Å². The standard InChI is InChI=1S/C20H28O3/c1-11(2)14-16(21)12-7-8-13-19(3,4)9-6-10-20(13,5)15(12)18(23)17(14)22/h13,21-23H,1,6-10H2,2-5H3. The van der Waals surface area contributed by atoms with Crippen LogP contribution in [0, 0.1) is 11.3 Å². The van der Waals surface area contributed by atoms with Crippen LogP contribution in [0.15, 0.2) is 6.58 Å². The van der Waals surface area contributed by atoms with Gasteiger partial charge >= 0.3 is 0 Å². The molecule has 0 aliphatic heterocycles. The third-order valence-electron chi connectivity index (χ3n) is 6.43. The Bertz CT molecular complexity index is 687. The number of rotatable bonds is 1. The lowest BCUT2D eigenvalue weighted by Crippen LogP contribution is -2.47. The van der Waals surface area contributed by atoms with Crippen molar-refractivity contribution in [1.82, 2.24) is 0 Å². The molecule has 2 aliphatic rings. The van der Waals surface area contributed by atoms with E-state index in [4.69, 9.17) is 0 Å². The van der Waals surface area contributed by atoms with Gasteiger partial charge in [0.25, 0.3) is 0 Å². The van der Waals surface area contributed by atoms with E-state index in [1.54, 1.807) is 6.92 Å². The van der Waals surface area contributed by atoms with Gasteiger partial charge in [-0.15, -0.1) is 0 Å². The van der Waals surface area contributed by atoms with E-state index in [-0.39, 0.29) is 28.1 Å². The fourth-order valence-electron chi connectivity index (χ4n) is 5.44. The Morgan fingerprint density at radius 1 is 1.04 bits per heavy atom. The molecule has 2 aliphatic carbocycles. The van der Waals surface area contributed by atoms with E-state index < -0.39 is 0 Å². The van der Waals surface area contributed by atoms with E-state index in [0.717, 1.165) is 36.8 Å². The van der Waals surface area contributed by atoms with Gasteiger partial charge in [-0.2, -0.15) is 0 Å². The zero-order chi connectivity index (χ0) is 17.2. The molecule has 1 aromatic carbocycles. The minimum Gasteiger partial charge on any atom is -0.507 e. The quantitative estimate of drug-likeness (QED) is 0.512. The van der Waals surface area contributed by atoms with E-state index in [9.17, 15) is 15.3 Å². The van der Waals surface area contributed by atoms with Crippen molar-refractivity contribution in [2.24, 2.45) is 11.3 Å². The normalized spacial score (nSPS) is 28.8. The van der Waals surface area contributed by atoms with E-state index in [2.05, 4.69) is 27.4 Å². The third-order valence-corrected chi connectivity index (χ3v) is 6.43. The Labute approximate surface area is 138 Å². The largest absolute Gasteiger partial charge is 0.507 e. The SMILES string of the molecule is C=C(C)c1c(O)c(O)c2c(c1O)CCC1C(C)(C)CCCC21C. The summed E-state index contributed by atoms with van der Waals surface area (Å²) in [5.74, 6) is 0.266. The summed E-state index contributed by atoms with van der Waals surface area (Å²) in [5, 5.41) is 32.0. The second kappa shape index (κ2) is 4.93. The third kappa shape index (κ3) is 2.09. The number of hydrogen-bond acceptors (Lipinski definition) is 3. The molecule has 0 amide bonds. The number of phenolic OH excluding ortho intramolecular Hbond substituents is 3. The fraction of sp³-hybridized carbons (Fsp3) is 0.600. The highest BCUT2D eigenvalue weighted by Crippen LogP contribution is 2.62. The van der Waals surface area contributed by atoms with Crippen molar-refractivity contribution >= 4 is 5.57 Å². The zero-order valence-corrected chi connectivity index (χ0v) is 14.7. The first-order valence-electron chi connectivity index (χ1n) is 8.57. The van der Waals surface area contributed by atoms with E-state index in [0.29, 0.717) is 17.1 Å². The molecule has 1 fully saturated rings. The maximum atomic E-state index is 10.8. The summed E-state index contributed by atoms with van der Waals surface area (Å²) >= 11 is 0. The minimum absolute atomic E-state index is 0.0549. The van der Waals surface area contributed by atoms with Crippen molar-refractivity contribution in [3.05, 3.63) is 23.3 Å². The van der Waals surface area contributed by atoms with Crippen molar-refractivity contribution in [2.45, 2.75) is 65.2 Å². The van der Waals surface area contributed by atoms with Crippen molar-refractivity contribution < 1.29 is 15.3 Å². The lowest BCUT2D eigenvalue weighted by atomic mass is 9.50. The number of hydrogen-bond donors (Lipinski definition) is 3. The summed E-state index contributed by atoms with van der Waals surface area (Å²) in [7, 11) is 0. The minimum atomic E-state index is -0.223. The molecule has 0 saturated heterocycles. The highest BCUT2D eigenvalue weighted by atomic mass is 16.3. The summed E-state index contributed by atoms with van der Waals surface area (Å²) in [6.45, 7) is 12.4. The van der Waals surface area contributed by atoms with Crippen molar-refractivity contribution in [3.8, 4) is 17.2 Å². The maximum Gasteiger partial charge on any atom is 0.169 e. The average molecular weight is 316 g/mol. The average Bonchev–Trinajstić information content (AvgIpc) is 2.43. The topological polar surface area (TPSA) is 60.7 Å². The summed E-state index contributed by atoms with van der Waals surface area (Å²) in [6.07, 6.45) is 5.00. The van der Waals surface area contributed by atoms with Crippen molar-refractivity contribution in [2.75, 3.05) is 0 Å². The first-order chi connectivity index (χ1) is 10.6. The molecule has 0 radical (unpaired) electrons. The Morgan fingerprint density at radius 3 is 2.30 bits per heavy atom. The molecule has 3 heteroatoms. The molecule has 3 rings (SSSR count). The number of fused-ring (bicyclic) bond motifs is 3. The molecule has 2 unspecified atom stereocenters. The predicted molar refractivity (Wildman–Crippen MR) is 92.9 cm³/mol. The first kappa shape index (κ1) is 16.2. The molecule has 23 heavy (non-hydrogen) atoms. The van der Waals surface area contributed by atoms with Crippen LogP contribution in [0.5, 0.6) is 17.2 Å². The summed E-state index contributed by atoms with van der Waals surface area (Å²) < 4.78 is 0. The number of allylic oxidation sites excluding steroid dienone is 1. The van der Waals surface area contributed by atoms with Gasteiger partial charge in [-0.25, -0.2) is 0 Å². The smallest absolute Gasteiger partial charge is 0.169 e. The molecule has 1 aromatic rings. The van der Waals surface area contributed by atoms with Crippen LogP contribution in [0.25, 0.3) is 5.57 Å². The van der Waals surface area contributed by atoms with Crippen LogP contribution in [0.4, 0.5) is 0 Å². The van der Waals surface area contributed by atoms with Gasteiger partial charge in [-0.1, -0.05) is 33.8 Å². The molecule has 1 saturated carbocycles. The second-order valence-corrected chi connectivity index (χ2v) is 8.41. The Morgan fingerprint density at radius 2 is 1.70 bits per heavy atom. The maximum absolute atomic E-state index is 10.8. The summed E-state index contributed by atoms with van der Waals surface area (Å²) in [6, 6.07) is 0. The van der Waals surface area contributed by atoms with E-state index >= 15 is 0 Å². The highest BCUT2D eigenvalue weighted by molar-refractivity contribution is 5.79. The number of benzene rings is 1. The van der Waals surface area contributed by atoms with E-state index in [1.807, 2.05) is 0 Å². The fourth-order valence-corrected chi connectivity index (χ4v) is 5.44. The van der Waals surface area contributed by atoms with Crippen LogP contribution < -0.4 is 0 Å². The van der Waals surface area contributed by atoms with Gasteiger partial charge in [0.2, 0.25) is 0 Å². The number of phenols is 3. The van der Waals surface area contributed by atoms with Gasteiger partial charge < -0.3 is 15.3 Å². The lowest BCUT2D eigenvalue weighted by Gasteiger charge is -2.54. The Balaban J connectivity index is 2.29. The Hall–Kier alpha value is -1.64. The lowest BCUT2D eigenvalue weighted by molar-refractivity contribution is 0.0384. The van der Waals surface area contributed by atoms with Crippen LogP contribution in [0.1, 0.15) is 70.1 Å². The molecular weight excluding hydrogens is 288 g/mol. The van der Waals surface area contributed by atoms with Crippen molar-refractivity contribution in [1.29, 1.82) is 0 Å². The first-order valence-corrected chi connectivity index (χ1v) is 8.57. The van der Waals surface area contributed by atoms with Crippen LogP contribution in [0.2, 0.25) is 0 Å². The molecule has 0 bridgehead atoms. The van der Waals surface area contributed by atoms with Gasteiger partial charge in [-0.3, -0.25) is 0 Å². The van der Waals surface area contributed by atoms with Crippen LogP contribution >= 0.6 is 0 Å². The van der Waals surface area contributed by atoms with Gasteiger partial charge in [0.05, 0.1) is 5.56 Å². The highest BCUT2D eigenvalue weighted by Gasteiger charge is 2.52. The predicted octanol–water partition coefficient (Wildman–Crippen LogP) is 4.87. The summed E-state index contributed by atoms with van der Waals surface area (Å²) in [5.41, 5.74) is 2.42. The molecule has 2 atom stereocenters. The van der Waals surface area contributed by atoms with Crippen LogP contribution in [-0.2, 0) is 11.8 Å². The number of aromatic hydroxyl groups is 3. The molecule has 0 heterocycles. The summed E-state index contributed by atoms with van der Waals surface area (Å²) in [4.78, 5) is 0. The van der Waals surface area contributed by atoms with E-state index in [1.165, 1.54) is 6.42 Å². The molecule has 0 spiro atoms. The zero-order valence-electron chi connectivity index (χ0n) is 14.7. The molecular formula is C20H28O3. The second-order valence-electron chi connectivity index (χ2n) is 8.41. The Kier molecular flexibility index (Phi) is 3.48. The van der Waals surface area contributed by atoms with Crippen LogP contribution in [-0.4, -0.2) is 15.3 Å². The van der Waals surface area contributed by atoms with Crippen LogP contribution in [0.3, 0.4) is 0 Å². The van der Waals surface area contributed by atoms with Crippen molar-refractivity contribution in [3.63, 3.8) is 0 Å².